The fraction of sp³-hybridized carbons (Fsp3) is 0.250. The average molecular weight is 350 g/mol. The van der Waals surface area contributed by atoms with Gasteiger partial charge in [0.2, 0.25) is 0 Å². The molecule has 0 fully saturated rings. The van der Waals surface area contributed by atoms with E-state index in [1.165, 1.54) is 10.4 Å². The third-order valence-electron chi connectivity index (χ3n) is 3.28. The highest BCUT2D eigenvalue weighted by atomic mass is 35.5. The maximum atomic E-state index is 6.03. The number of aromatic nitrogens is 3. The quantitative estimate of drug-likeness (QED) is 0.593. The molecular formula is C16H16ClN3S2. The van der Waals surface area contributed by atoms with Gasteiger partial charge in [-0.05, 0) is 36.1 Å². The first-order valence-corrected chi connectivity index (χ1v) is 9.32. The van der Waals surface area contributed by atoms with Crippen molar-refractivity contribution in [2.45, 2.75) is 30.8 Å². The highest BCUT2D eigenvalue weighted by molar-refractivity contribution is 7.98. The lowest BCUT2D eigenvalue weighted by atomic mass is 10.2. The normalized spacial score (nSPS) is 11.0. The molecular weight excluding hydrogens is 334 g/mol. The molecule has 0 atom stereocenters. The molecule has 0 aliphatic heterocycles. The van der Waals surface area contributed by atoms with Crippen LogP contribution in [0.3, 0.4) is 0 Å². The summed E-state index contributed by atoms with van der Waals surface area (Å²) in [6.45, 7) is 3.01. The van der Waals surface area contributed by atoms with E-state index in [-0.39, 0.29) is 0 Å². The smallest absolute Gasteiger partial charge is 0.191 e. The van der Waals surface area contributed by atoms with Gasteiger partial charge in [-0.1, -0.05) is 41.6 Å². The molecule has 0 bridgehead atoms. The van der Waals surface area contributed by atoms with E-state index in [1.54, 1.807) is 23.1 Å². The zero-order valence-electron chi connectivity index (χ0n) is 12.2. The Morgan fingerprint density at radius 1 is 1.23 bits per heavy atom. The Hall–Kier alpha value is -1.30. The number of halogens is 1. The van der Waals surface area contributed by atoms with Gasteiger partial charge in [0.25, 0.3) is 0 Å². The van der Waals surface area contributed by atoms with Crippen LogP contribution in [-0.2, 0) is 18.7 Å². The van der Waals surface area contributed by atoms with Crippen LogP contribution in [0.4, 0.5) is 0 Å². The van der Waals surface area contributed by atoms with Crippen LogP contribution in [-0.4, -0.2) is 14.8 Å². The van der Waals surface area contributed by atoms with E-state index < -0.39 is 0 Å². The van der Waals surface area contributed by atoms with Gasteiger partial charge in [0.1, 0.15) is 5.82 Å². The van der Waals surface area contributed by atoms with Crippen molar-refractivity contribution in [2.75, 3.05) is 0 Å². The van der Waals surface area contributed by atoms with Gasteiger partial charge in [0.05, 0.1) is 0 Å². The highest BCUT2D eigenvalue weighted by Crippen LogP contribution is 2.24. The Kier molecular flexibility index (Phi) is 5.18. The summed E-state index contributed by atoms with van der Waals surface area (Å²) >= 11 is 9.48. The summed E-state index contributed by atoms with van der Waals surface area (Å²) in [5.41, 5.74) is 1.20. The third-order valence-corrected chi connectivity index (χ3v) is 5.43. The van der Waals surface area contributed by atoms with Crippen LogP contribution in [0.5, 0.6) is 0 Å². The molecule has 0 amide bonds. The second-order valence-corrected chi connectivity index (χ2v) is 7.23. The van der Waals surface area contributed by atoms with Gasteiger partial charge in [0.15, 0.2) is 5.16 Å². The monoisotopic (exact) mass is 349 g/mol. The number of thiophene rings is 1. The van der Waals surface area contributed by atoms with Crippen molar-refractivity contribution in [3.05, 3.63) is 63.1 Å². The van der Waals surface area contributed by atoms with Crippen LogP contribution < -0.4 is 0 Å². The Bertz CT molecular complexity index is 738. The number of benzene rings is 1. The summed E-state index contributed by atoms with van der Waals surface area (Å²) in [5, 5.41) is 12.5. The minimum atomic E-state index is 0.772. The fourth-order valence-electron chi connectivity index (χ4n) is 2.22. The largest absolute Gasteiger partial charge is 0.306 e. The molecule has 6 heteroatoms. The van der Waals surface area contributed by atoms with E-state index >= 15 is 0 Å². The van der Waals surface area contributed by atoms with Crippen LogP contribution in [0.25, 0.3) is 0 Å². The lowest BCUT2D eigenvalue weighted by Crippen LogP contribution is -2.03. The summed E-state index contributed by atoms with van der Waals surface area (Å²) < 4.78 is 2.19. The highest BCUT2D eigenvalue weighted by Gasteiger charge is 2.12. The van der Waals surface area contributed by atoms with Gasteiger partial charge in [-0.15, -0.1) is 21.5 Å². The summed E-state index contributed by atoms with van der Waals surface area (Å²) in [6, 6.07) is 12.2. The standard InChI is InChI=1S/C16H16ClN3S2/c1-2-20-15(10-14-7-4-8-21-14)18-19-16(20)22-11-12-5-3-6-13(17)9-12/h3-9H,2,10-11H2,1H3. The van der Waals surface area contributed by atoms with Crippen LogP contribution in [0.15, 0.2) is 46.9 Å². The van der Waals surface area contributed by atoms with Crippen LogP contribution in [0.2, 0.25) is 5.02 Å². The molecule has 0 spiro atoms. The number of hydrogen-bond donors (Lipinski definition) is 0. The summed E-state index contributed by atoms with van der Waals surface area (Å²) in [5.74, 6) is 1.87. The second-order valence-electron chi connectivity index (χ2n) is 4.82. The van der Waals surface area contributed by atoms with Gasteiger partial charge in [-0.3, -0.25) is 0 Å². The maximum absolute atomic E-state index is 6.03. The molecule has 2 heterocycles. The van der Waals surface area contributed by atoms with Crippen molar-refractivity contribution in [3.63, 3.8) is 0 Å². The molecule has 0 unspecified atom stereocenters. The average Bonchev–Trinajstić information content (AvgIpc) is 3.15. The first-order valence-electron chi connectivity index (χ1n) is 7.08. The minimum absolute atomic E-state index is 0.772. The zero-order valence-corrected chi connectivity index (χ0v) is 14.6. The van der Waals surface area contributed by atoms with Crippen molar-refractivity contribution < 1.29 is 0 Å². The Morgan fingerprint density at radius 2 is 2.14 bits per heavy atom. The van der Waals surface area contributed by atoms with Gasteiger partial charge in [0, 0.05) is 28.6 Å². The number of rotatable bonds is 6. The molecule has 3 nitrogen and oxygen atoms in total. The lowest BCUT2D eigenvalue weighted by Gasteiger charge is -2.07. The molecule has 0 N–H and O–H groups in total. The second kappa shape index (κ2) is 7.31. The lowest BCUT2D eigenvalue weighted by molar-refractivity contribution is 0.652. The molecule has 0 aliphatic carbocycles. The van der Waals surface area contributed by atoms with Crippen molar-refractivity contribution in [1.29, 1.82) is 0 Å². The number of nitrogens with zero attached hydrogens (tertiary/aromatic N) is 3. The predicted molar refractivity (Wildman–Crippen MR) is 93.8 cm³/mol. The zero-order chi connectivity index (χ0) is 15.4. The number of hydrogen-bond acceptors (Lipinski definition) is 4. The molecule has 1 aromatic carbocycles. The molecule has 0 aliphatic rings. The summed E-state index contributed by atoms with van der Waals surface area (Å²) in [6.07, 6.45) is 0.843. The van der Waals surface area contributed by atoms with Gasteiger partial charge < -0.3 is 4.57 Å². The van der Waals surface area contributed by atoms with Crippen molar-refractivity contribution >= 4 is 34.7 Å². The SMILES string of the molecule is CCn1c(Cc2cccs2)nnc1SCc1cccc(Cl)c1. The van der Waals surface area contributed by atoms with E-state index in [0.717, 1.165) is 34.7 Å². The molecule has 114 valence electrons. The Morgan fingerprint density at radius 3 is 2.86 bits per heavy atom. The first kappa shape index (κ1) is 15.6. The Labute approximate surface area is 143 Å². The molecule has 3 rings (SSSR count). The summed E-state index contributed by atoms with van der Waals surface area (Å²) in [4.78, 5) is 1.31. The van der Waals surface area contributed by atoms with Crippen molar-refractivity contribution in [2.24, 2.45) is 0 Å². The van der Waals surface area contributed by atoms with Crippen molar-refractivity contribution in [1.82, 2.24) is 14.8 Å². The minimum Gasteiger partial charge on any atom is -0.306 e. The molecule has 2 aromatic heterocycles. The topological polar surface area (TPSA) is 30.7 Å². The van der Waals surface area contributed by atoms with Crippen LogP contribution in [0.1, 0.15) is 23.2 Å². The van der Waals surface area contributed by atoms with Crippen molar-refractivity contribution in [3.8, 4) is 0 Å². The molecule has 0 saturated carbocycles. The van der Waals surface area contributed by atoms with Crippen LogP contribution in [0, 0.1) is 0 Å². The van der Waals surface area contributed by atoms with Crippen LogP contribution >= 0.6 is 34.7 Å². The van der Waals surface area contributed by atoms with E-state index in [2.05, 4.69) is 45.3 Å². The molecule has 0 saturated heterocycles. The summed E-state index contributed by atoms with van der Waals surface area (Å²) in [7, 11) is 0. The number of thioether (sulfide) groups is 1. The maximum Gasteiger partial charge on any atom is 0.191 e. The van der Waals surface area contributed by atoms with E-state index in [4.69, 9.17) is 11.6 Å². The molecule has 3 aromatic rings. The van der Waals surface area contributed by atoms with E-state index in [0.29, 0.717) is 0 Å². The fourth-order valence-corrected chi connectivity index (χ4v) is 4.10. The third kappa shape index (κ3) is 3.72. The Balaban J connectivity index is 1.72. The first-order chi connectivity index (χ1) is 10.8. The van der Waals surface area contributed by atoms with Gasteiger partial charge in [-0.25, -0.2) is 0 Å². The molecule has 22 heavy (non-hydrogen) atoms. The predicted octanol–water partition coefficient (Wildman–Crippen LogP) is 4.90. The molecule has 0 radical (unpaired) electrons. The van der Waals surface area contributed by atoms with E-state index in [1.807, 2.05) is 18.2 Å². The van der Waals surface area contributed by atoms with Gasteiger partial charge in [-0.2, -0.15) is 0 Å². The van der Waals surface area contributed by atoms with Gasteiger partial charge >= 0.3 is 0 Å². The van der Waals surface area contributed by atoms with E-state index in [9.17, 15) is 0 Å².